The maximum atomic E-state index is 13.1. The molecule has 0 unspecified atom stereocenters. The van der Waals surface area contributed by atoms with Gasteiger partial charge in [-0.25, -0.2) is 9.55 Å². The van der Waals surface area contributed by atoms with Crippen LogP contribution < -0.4 is 0 Å². The number of pyridine rings is 1. The summed E-state index contributed by atoms with van der Waals surface area (Å²) in [6.45, 7) is 0. The van der Waals surface area contributed by atoms with Crippen molar-refractivity contribution in [3.63, 3.8) is 0 Å². The molecular formula is C19H12N4O4. The minimum absolute atomic E-state index is 0.121. The monoisotopic (exact) mass is 360 g/mol. The van der Waals surface area contributed by atoms with E-state index in [9.17, 15) is 19.7 Å². The Morgan fingerprint density at radius 2 is 1.81 bits per heavy atom. The Morgan fingerprint density at radius 3 is 2.52 bits per heavy atom. The van der Waals surface area contributed by atoms with E-state index in [4.69, 9.17) is 0 Å². The van der Waals surface area contributed by atoms with Crippen molar-refractivity contribution >= 4 is 17.4 Å². The van der Waals surface area contributed by atoms with Crippen LogP contribution in [0.4, 0.5) is 5.82 Å². The lowest BCUT2D eigenvalue weighted by atomic mass is 9.97. The van der Waals surface area contributed by atoms with E-state index >= 15 is 0 Å². The lowest BCUT2D eigenvalue weighted by Crippen LogP contribution is -2.09. The summed E-state index contributed by atoms with van der Waals surface area (Å²) in [7, 11) is 1.51. The molecule has 0 spiro atoms. The molecule has 0 saturated heterocycles. The van der Waals surface area contributed by atoms with Crippen LogP contribution in [0.5, 0.6) is 0 Å². The Labute approximate surface area is 152 Å². The fourth-order valence-corrected chi connectivity index (χ4v) is 3.94. The zero-order valence-electron chi connectivity index (χ0n) is 14.2. The van der Waals surface area contributed by atoms with Gasteiger partial charge < -0.3 is 10.1 Å². The van der Waals surface area contributed by atoms with Crippen molar-refractivity contribution in [2.75, 3.05) is 0 Å². The maximum absolute atomic E-state index is 13.1. The molecule has 27 heavy (non-hydrogen) atoms. The zero-order chi connectivity index (χ0) is 18.9. The van der Waals surface area contributed by atoms with Crippen LogP contribution in [0, 0.1) is 10.1 Å². The number of imidazole rings is 1. The van der Waals surface area contributed by atoms with Gasteiger partial charge in [0.15, 0.2) is 11.6 Å². The van der Waals surface area contributed by atoms with E-state index in [1.807, 2.05) is 12.1 Å². The number of nitrogens with zero attached hydrogens (tertiary/aromatic N) is 4. The molecule has 0 radical (unpaired) electrons. The lowest BCUT2D eigenvalue weighted by molar-refractivity contribution is -0.391. The second-order valence-corrected chi connectivity index (χ2v) is 6.59. The molecule has 0 N–H and O–H groups in total. The van der Waals surface area contributed by atoms with Crippen molar-refractivity contribution < 1.29 is 14.5 Å². The zero-order valence-corrected chi connectivity index (χ0v) is 14.2. The summed E-state index contributed by atoms with van der Waals surface area (Å²) in [4.78, 5) is 45.2. The van der Waals surface area contributed by atoms with Gasteiger partial charge in [-0.15, -0.1) is 0 Å². The first-order valence-corrected chi connectivity index (χ1v) is 8.39. The number of aromatic nitrogens is 3. The Balaban J connectivity index is 1.90. The number of benzene rings is 1. The molecule has 0 atom stereocenters. The van der Waals surface area contributed by atoms with Crippen molar-refractivity contribution in [2.24, 2.45) is 7.05 Å². The van der Waals surface area contributed by atoms with E-state index in [2.05, 4.69) is 9.97 Å². The van der Waals surface area contributed by atoms with Crippen LogP contribution in [0.1, 0.15) is 38.4 Å². The van der Waals surface area contributed by atoms with Crippen molar-refractivity contribution in [1.82, 2.24) is 14.5 Å². The SMILES string of the molecule is Cn1c([N+](=O)[O-])cnc1-c1c2c(nc3c1C(=O)c1ccccc1-3)CCC2=O. The van der Waals surface area contributed by atoms with Crippen LogP contribution in [0.2, 0.25) is 0 Å². The van der Waals surface area contributed by atoms with Crippen LogP contribution >= 0.6 is 0 Å². The molecule has 5 rings (SSSR count). The number of carbonyl (C=O) groups excluding carboxylic acids is 2. The maximum Gasteiger partial charge on any atom is 0.342 e. The molecule has 0 bridgehead atoms. The number of Topliss-reactive ketones (excluding diaryl/α,β-unsaturated/α-hetero) is 1. The van der Waals surface area contributed by atoms with Gasteiger partial charge in [-0.3, -0.25) is 14.6 Å². The van der Waals surface area contributed by atoms with Gasteiger partial charge in [-0.1, -0.05) is 24.3 Å². The van der Waals surface area contributed by atoms with Crippen molar-refractivity contribution in [3.8, 4) is 22.6 Å². The molecule has 2 aromatic heterocycles. The third kappa shape index (κ3) is 1.92. The van der Waals surface area contributed by atoms with Crippen LogP contribution in [0.3, 0.4) is 0 Å². The standard InChI is InChI=1S/C19H12N4O4/c1-22-13(23(26)27)8-20-19(22)15-14-11(6-7-12(14)24)21-17-9-4-2-3-5-10(9)18(25)16(15)17/h2-5,8H,6-7H2,1H3. The highest BCUT2D eigenvalue weighted by molar-refractivity contribution is 6.26. The number of carbonyl (C=O) groups is 2. The predicted molar refractivity (Wildman–Crippen MR) is 94.6 cm³/mol. The highest BCUT2D eigenvalue weighted by atomic mass is 16.6. The third-order valence-corrected chi connectivity index (χ3v) is 5.17. The number of aryl methyl sites for hydroxylation is 1. The summed E-state index contributed by atoms with van der Waals surface area (Å²) >= 11 is 0. The molecule has 2 aliphatic rings. The number of ketones is 2. The van der Waals surface area contributed by atoms with Gasteiger partial charge in [0.05, 0.1) is 35.1 Å². The third-order valence-electron chi connectivity index (χ3n) is 5.17. The number of rotatable bonds is 2. The molecule has 0 amide bonds. The Bertz CT molecular complexity index is 1210. The summed E-state index contributed by atoms with van der Waals surface area (Å²) in [6.07, 6.45) is 1.93. The van der Waals surface area contributed by atoms with Gasteiger partial charge in [0.25, 0.3) is 0 Å². The van der Waals surface area contributed by atoms with E-state index in [1.165, 1.54) is 11.6 Å². The minimum Gasteiger partial charge on any atom is -0.358 e. The summed E-state index contributed by atoms with van der Waals surface area (Å²) in [6, 6.07) is 7.14. The molecule has 8 heteroatoms. The highest BCUT2D eigenvalue weighted by Crippen LogP contribution is 2.44. The van der Waals surface area contributed by atoms with Gasteiger partial charge in [-0.2, -0.15) is 0 Å². The first-order valence-electron chi connectivity index (χ1n) is 8.39. The molecule has 8 nitrogen and oxygen atoms in total. The molecule has 0 fully saturated rings. The Hall–Kier alpha value is -3.68. The number of hydrogen-bond donors (Lipinski definition) is 0. The Kier molecular flexibility index (Phi) is 2.98. The highest BCUT2D eigenvalue weighted by Gasteiger charge is 2.39. The molecular weight excluding hydrogens is 348 g/mol. The lowest BCUT2D eigenvalue weighted by Gasteiger charge is -2.10. The minimum atomic E-state index is -0.545. The number of nitro groups is 1. The molecule has 0 aliphatic heterocycles. The molecule has 132 valence electrons. The van der Waals surface area contributed by atoms with Crippen molar-refractivity contribution in [2.45, 2.75) is 12.8 Å². The fraction of sp³-hybridized carbons (Fsp3) is 0.158. The quantitative estimate of drug-likeness (QED) is 0.402. The average molecular weight is 360 g/mol. The normalized spacial score (nSPS) is 14.3. The molecule has 2 heterocycles. The van der Waals surface area contributed by atoms with Crippen LogP contribution in [-0.4, -0.2) is 31.0 Å². The van der Waals surface area contributed by atoms with Gasteiger partial charge in [0.2, 0.25) is 5.82 Å². The first kappa shape index (κ1) is 15.6. The summed E-state index contributed by atoms with van der Waals surface area (Å²) in [5, 5.41) is 11.2. The topological polar surface area (TPSA) is 108 Å². The van der Waals surface area contributed by atoms with Crippen LogP contribution in [0.15, 0.2) is 30.5 Å². The van der Waals surface area contributed by atoms with Crippen LogP contribution in [0.25, 0.3) is 22.6 Å². The van der Waals surface area contributed by atoms with E-state index in [1.54, 1.807) is 12.1 Å². The van der Waals surface area contributed by atoms with Crippen molar-refractivity contribution in [1.29, 1.82) is 0 Å². The van der Waals surface area contributed by atoms with E-state index in [0.717, 1.165) is 6.20 Å². The van der Waals surface area contributed by atoms with E-state index in [-0.39, 0.29) is 23.2 Å². The molecule has 2 aliphatic carbocycles. The smallest absolute Gasteiger partial charge is 0.342 e. The first-order chi connectivity index (χ1) is 13.0. The van der Waals surface area contributed by atoms with E-state index < -0.39 is 4.92 Å². The predicted octanol–water partition coefficient (Wildman–Crippen LogP) is 2.73. The van der Waals surface area contributed by atoms with Crippen molar-refractivity contribution in [3.05, 3.63) is 63.0 Å². The largest absolute Gasteiger partial charge is 0.358 e. The molecule has 0 saturated carbocycles. The molecule has 3 aromatic rings. The summed E-state index contributed by atoms with van der Waals surface area (Å²) in [5.74, 6) is -0.341. The van der Waals surface area contributed by atoms with E-state index in [0.29, 0.717) is 52.0 Å². The van der Waals surface area contributed by atoms with Gasteiger partial charge in [0.1, 0.15) is 6.20 Å². The second-order valence-electron chi connectivity index (χ2n) is 6.59. The summed E-state index contributed by atoms with van der Waals surface area (Å²) < 4.78 is 1.30. The second kappa shape index (κ2) is 5.16. The fourth-order valence-electron chi connectivity index (χ4n) is 3.94. The number of fused-ring (bicyclic) bond motifs is 4. The Morgan fingerprint density at radius 1 is 1.07 bits per heavy atom. The average Bonchev–Trinajstić information content (AvgIpc) is 3.30. The van der Waals surface area contributed by atoms with Gasteiger partial charge in [0, 0.05) is 17.5 Å². The van der Waals surface area contributed by atoms with Crippen LogP contribution in [-0.2, 0) is 13.5 Å². The van der Waals surface area contributed by atoms with Gasteiger partial charge in [-0.05, 0) is 11.3 Å². The molecule has 1 aromatic carbocycles. The number of hydrogen-bond acceptors (Lipinski definition) is 6. The van der Waals surface area contributed by atoms with Gasteiger partial charge >= 0.3 is 5.82 Å². The summed E-state index contributed by atoms with van der Waals surface area (Å²) in [5.41, 5.74) is 3.38.